The molecule has 0 saturated heterocycles. The normalized spacial score (nSPS) is 10.6. The molecule has 1 aromatic heterocycles. The summed E-state index contributed by atoms with van der Waals surface area (Å²) >= 11 is 1.15. The van der Waals surface area contributed by atoms with E-state index in [4.69, 9.17) is 4.42 Å². The molecule has 0 atom stereocenters. The molecular formula is C18H16FN3O2S. The Bertz CT molecular complexity index is 839. The van der Waals surface area contributed by atoms with E-state index in [2.05, 4.69) is 15.5 Å². The van der Waals surface area contributed by atoms with E-state index in [0.717, 1.165) is 18.2 Å². The molecule has 3 aromatic rings. The molecule has 0 aliphatic carbocycles. The van der Waals surface area contributed by atoms with Crippen LogP contribution in [0.15, 0.2) is 64.2 Å². The molecule has 1 heterocycles. The van der Waals surface area contributed by atoms with Crippen molar-refractivity contribution in [1.82, 2.24) is 15.5 Å². The lowest BCUT2D eigenvalue weighted by Crippen LogP contribution is -2.27. The topological polar surface area (TPSA) is 68.0 Å². The highest BCUT2D eigenvalue weighted by atomic mass is 32.2. The summed E-state index contributed by atoms with van der Waals surface area (Å²) in [5.41, 5.74) is 1.68. The van der Waals surface area contributed by atoms with Gasteiger partial charge in [0.15, 0.2) is 0 Å². The van der Waals surface area contributed by atoms with Crippen molar-refractivity contribution in [2.75, 3.05) is 12.3 Å². The Balaban J connectivity index is 1.45. The zero-order chi connectivity index (χ0) is 17.5. The molecule has 3 rings (SSSR count). The standard InChI is InChI=1S/C18H16FN3O2S/c19-15-8-4-7-14(11-15)17-21-22-18(24-17)25-12-16(23)20-10-9-13-5-2-1-3-6-13/h1-8,11H,9-10,12H2,(H,20,23). The predicted molar refractivity (Wildman–Crippen MR) is 93.6 cm³/mol. The minimum absolute atomic E-state index is 0.105. The smallest absolute Gasteiger partial charge is 0.277 e. The predicted octanol–water partition coefficient (Wildman–Crippen LogP) is 3.33. The Hall–Kier alpha value is -2.67. The molecule has 0 saturated carbocycles. The number of amides is 1. The molecule has 0 spiro atoms. The third-order valence-electron chi connectivity index (χ3n) is 3.38. The summed E-state index contributed by atoms with van der Waals surface area (Å²) in [6.07, 6.45) is 0.779. The van der Waals surface area contributed by atoms with Gasteiger partial charge in [-0.25, -0.2) is 4.39 Å². The van der Waals surface area contributed by atoms with E-state index in [1.807, 2.05) is 30.3 Å². The third-order valence-corrected chi connectivity index (χ3v) is 4.20. The number of carbonyl (C=O) groups is 1. The number of rotatable bonds is 7. The largest absolute Gasteiger partial charge is 0.411 e. The first-order valence-electron chi connectivity index (χ1n) is 7.73. The highest BCUT2D eigenvalue weighted by Crippen LogP contribution is 2.23. The molecule has 5 nitrogen and oxygen atoms in total. The Kier molecular flexibility index (Phi) is 5.79. The summed E-state index contributed by atoms with van der Waals surface area (Å²) in [5.74, 6) is -0.0693. The van der Waals surface area contributed by atoms with Gasteiger partial charge in [0.05, 0.1) is 5.75 Å². The fraction of sp³-hybridized carbons (Fsp3) is 0.167. The second-order valence-corrected chi connectivity index (χ2v) is 6.18. The van der Waals surface area contributed by atoms with Crippen molar-refractivity contribution in [1.29, 1.82) is 0 Å². The van der Waals surface area contributed by atoms with Gasteiger partial charge in [-0.3, -0.25) is 4.79 Å². The number of hydrogen-bond donors (Lipinski definition) is 1. The summed E-state index contributed by atoms with van der Waals surface area (Å²) in [5, 5.41) is 10.9. The van der Waals surface area contributed by atoms with E-state index in [1.54, 1.807) is 12.1 Å². The van der Waals surface area contributed by atoms with Gasteiger partial charge in [-0.2, -0.15) is 0 Å². The van der Waals surface area contributed by atoms with Gasteiger partial charge in [0.2, 0.25) is 11.8 Å². The van der Waals surface area contributed by atoms with Crippen LogP contribution in [-0.2, 0) is 11.2 Å². The molecule has 0 fully saturated rings. The van der Waals surface area contributed by atoms with E-state index in [1.165, 1.54) is 17.7 Å². The average Bonchev–Trinajstić information content (AvgIpc) is 3.10. The molecule has 0 radical (unpaired) electrons. The van der Waals surface area contributed by atoms with Gasteiger partial charge >= 0.3 is 0 Å². The summed E-state index contributed by atoms with van der Waals surface area (Å²) in [6, 6.07) is 15.9. The number of carbonyl (C=O) groups excluding carboxylic acids is 1. The minimum atomic E-state index is -0.373. The van der Waals surface area contributed by atoms with Crippen molar-refractivity contribution >= 4 is 17.7 Å². The summed E-state index contributed by atoms with van der Waals surface area (Å²) in [6.45, 7) is 0.571. The molecule has 1 N–H and O–H groups in total. The average molecular weight is 357 g/mol. The zero-order valence-corrected chi connectivity index (χ0v) is 14.1. The SMILES string of the molecule is O=C(CSc1nnc(-c2cccc(F)c2)o1)NCCc1ccccc1. The molecule has 25 heavy (non-hydrogen) atoms. The maximum atomic E-state index is 13.2. The molecule has 2 aromatic carbocycles. The van der Waals surface area contributed by atoms with Crippen LogP contribution in [0.25, 0.3) is 11.5 Å². The Morgan fingerprint density at radius 3 is 2.76 bits per heavy atom. The lowest BCUT2D eigenvalue weighted by molar-refractivity contribution is -0.118. The number of nitrogens with zero attached hydrogens (tertiary/aromatic N) is 2. The van der Waals surface area contributed by atoms with Crippen LogP contribution in [0.1, 0.15) is 5.56 Å². The quantitative estimate of drug-likeness (QED) is 0.657. The van der Waals surface area contributed by atoms with Gasteiger partial charge in [-0.15, -0.1) is 10.2 Å². The maximum absolute atomic E-state index is 13.2. The van der Waals surface area contributed by atoms with Gasteiger partial charge in [-0.1, -0.05) is 48.2 Å². The summed E-state index contributed by atoms with van der Waals surface area (Å²) in [7, 11) is 0. The Morgan fingerprint density at radius 1 is 1.12 bits per heavy atom. The van der Waals surface area contributed by atoms with Crippen molar-refractivity contribution in [2.24, 2.45) is 0 Å². The molecule has 128 valence electrons. The molecule has 0 unspecified atom stereocenters. The number of halogens is 1. The second-order valence-electron chi connectivity index (χ2n) is 5.26. The van der Waals surface area contributed by atoms with Crippen molar-refractivity contribution in [3.8, 4) is 11.5 Å². The Morgan fingerprint density at radius 2 is 1.96 bits per heavy atom. The third kappa shape index (κ3) is 5.15. The monoisotopic (exact) mass is 357 g/mol. The highest BCUT2D eigenvalue weighted by Gasteiger charge is 2.11. The van der Waals surface area contributed by atoms with E-state index in [-0.39, 0.29) is 28.6 Å². The van der Waals surface area contributed by atoms with E-state index < -0.39 is 0 Å². The van der Waals surface area contributed by atoms with Crippen molar-refractivity contribution in [3.05, 3.63) is 66.0 Å². The number of aromatic nitrogens is 2. The number of hydrogen-bond acceptors (Lipinski definition) is 5. The van der Waals surface area contributed by atoms with E-state index in [9.17, 15) is 9.18 Å². The molecule has 1 amide bonds. The van der Waals surface area contributed by atoms with Crippen LogP contribution in [-0.4, -0.2) is 28.4 Å². The van der Waals surface area contributed by atoms with Crippen LogP contribution in [0.3, 0.4) is 0 Å². The van der Waals surface area contributed by atoms with Gasteiger partial charge in [0.25, 0.3) is 5.22 Å². The summed E-state index contributed by atoms with van der Waals surface area (Å²) < 4.78 is 18.6. The lowest BCUT2D eigenvalue weighted by atomic mass is 10.1. The van der Waals surface area contributed by atoms with Crippen LogP contribution < -0.4 is 5.32 Å². The zero-order valence-electron chi connectivity index (χ0n) is 13.3. The molecule has 0 aliphatic heterocycles. The van der Waals surface area contributed by atoms with Crippen LogP contribution in [0.4, 0.5) is 4.39 Å². The van der Waals surface area contributed by atoms with E-state index in [0.29, 0.717) is 12.1 Å². The lowest BCUT2D eigenvalue weighted by Gasteiger charge is -2.04. The minimum Gasteiger partial charge on any atom is -0.411 e. The van der Waals surface area contributed by atoms with Gasteiger partial charge in [-0.05, 0) is 30.2 Å². The first-order chi connectivity index (χ1) is 12.2. The van der Waals surface area contributed by atoms with Gasteiger partial charge in [0, 0.05) is 12.1 Å². The molecular weight excluding hydrogens is 341 g/mol. The number of thioether (sulfide) groups is 1. The van der Waals surface area contributed by atoms with Crippen LogP contribution in [0.2, 0.25) is 0 Å². The maximum Gasteiger partial charge on any atom is 0.277 e. The van der Waals surface area contributed by atoms with Crippen molar-refractivity contribution in [3.63, 3.8) is 0 Å². The van der Waals surface area contributed by atoms with Crippen LogP contribution >= 0.6 is 11.8 Å². The van der Waals surface area contributed by atoms with Gasteiger partial charge in [0.1, 0.15) is 5.82 Å². The number of benzene rings is 2. The van der Waals surface area contributed by atoms with Crippen molar-refractivity contribution < 1.29 is 13.6 Å². The van der Waals surface area contributed by atoms with Crippen LogP contribution in [0.5, 0.6) is 0 Å². The fourth-order valence-corrected chi connectivity index (χ4v) is 2.77. The molecule has 7 heteroatoms. The molecule has 0 aliphatic rings. The van der Waals surface area contributed by atoms with Crippen LogP contribution in [0, 0.1) is 5.82 Å². The number of nitrogens with one attached hydrogen (secondary N) is 1. The second kappa shape index (κ2) is 8.43. The fourth-order valence-electron chi connectivity index (χ4n) is 2.18. The Labute approximate surface area is 148 Å². The summed E-state index contributed by atoms with van der Waals surface area (Å²) in [4.78, 5) is 11.9. The highest BCUT2D eigenvalue weighted by molar-refractivity contribution is 7.99. The van der Waals surface area contributed by atoms with Crippen molar-refractivity contribution in [2.45, 2.75) is 11.6 Å². The van der Waals surface area contributed by atoms with Gasteiger partial charge < -0.3 is 9.73 Å². The van der Waals surface area contributed by atoms with E-state index >= 15 is 0 Å². The molecule has 0 bridgehead atoms. The first kappa shape index (κ1) is 17.2. The first-order valence-corrected chi connectivity index (χ1v) is 8.72.